The zero-order valence-corrected chi connectivity index (χ0v) is 13.5. The molecule has 1 rings (SSSR count). The van der Waals surface area contributed by atoms with Gasteiger partial charge in [0.05, 0.1) is 12.2 Å². The Morgan fingerprint density at radius 1 is 1.15 bits per heavy atom. The first-order valence-corrected chi connectivity index (χ1v) is 7.53. The van der Waals surface area contributed by atoms with E-state index in [1.54, 1.807) is 7.11 Å². The van der Waals surface area contributed by atoms with Crippen LogP contribution in [-0.4, -0.2) is 25.9 Å². The van der Waals surface area contributed by atoms with Crippen LogP contribution in [0.1, 0.15) is 52.1 Å². The van der Waals surface area contributed by atoms with Crippen molar-refractivity contribution in [1.82, 2.24) is 5.32 Å². The third-order valence-corrected chi connectivity index (χ3v) is 3.45. The number of hydrogen-bond donors (Lipinski definition) is 1. The molecular weight excluding hydrogens is 250 g/mol. The summed E-state index contributed by atoms with van der Waals surface area (Å²) < 4.78 is 11.2. The summed E-state index contributed by atoms with van der Waals surface area (Å²) in [5.74, 6) is 0.942. The van der Waals surface area contributed by atoms with Gasteiger partial charge in [0, 0.05) is 13.2 Å². The number of nitrogens with one attached hydrogen (secondary N) is 1. The van der Waals surface area contributed by atoms with Crippen LogP contribution in [0.4, 0.5) is 0 Å². The van der Waals surface area contributed by atoms with Gasteiger partial charge in [0.1, 0.15) is 5.75 Å². The Kier molecular flexibility index (Phi) is 7.03. The Bertz CT molecular complexity index is 373. The molecule has 3 nitrogen and oxygen atoms in total. The van der Waals surface area contributed by atoms with Crippen LogP contribution < -0.4 is 10.1 Å². The predicted octanol–water partition coefficient (Wildman–Crippen LogP) is 3.94. The summed E-state index contributed by atoms with van der Waals surface area (Å²) >= 11 is 0. The van der Waals surface area contributed by atoms with E-state index in [1.165, 1.54) is 5.56 Å². The van der Waals surface area contributed by atoms with Crippen LogP contribution in [0.25, 0.3) is 0 Å². The smallest absolute Gasteiger partial charge is 0.119 e. The lowest BCUT2D eigenvalue weighted by Crippen LogP contribution is -2.32. The predicted molar refractivity (Wildman–Crippen MR) is 84.4 cm³/mol. The monoisotopic (exact) mass is 279 g/mol. The highest BCUT2D eigenvalue weighted by molar-refractivity contribution is 5.29. The number of rotatable bonds is 9. The normalized spacial score (nSPS) is 13.2. The van der Waals surface area contributed by atoms with Gasteiger partial charge in [0.25, 0.3) is 0 Å². The minimum Gasteiger partial charge on any atom is -0.494 e. The van der Waals surface area contributed by atoms with Crippen molar-refractivity contribution < 1.29 is 9.47 Å². The molecule has 0 aliphatic rings. The van der Waals surface area contributed by atoms with Crippen molar-refractivity contribution in [2.24, 2.45) is 0 Å². The lowest BCUT2D eigenvalue weighted by atomic mass is 9.93. The highest BCUT2D eigenvalue weighted by Gasteiger charge is 2.23. The van der Waals surface area contributed by atoms with Gasteiger partial charge in [0.15, 0.2) is 0 Å². The first kappa shape index (κ1) is 17.0. The van der Waals surface area contributed by atoms with Gasteiger partial charge < -0.3 is 14.8 Å². The topological polar surface area (TPSA) is 30.5 Å². The maximum atomic E-state index is 5.63. The molecule has 3 heteroatoms. The fourth-order valence-electron chi connectivity index (χ4n) is 2.15. The molecule has 1 atom stereocenters. The van der Waals surface area contributed by atoms with Gasteiger partial charge in [0.2, 0.25) is 0 Å². The largest absolute Gasteiger partial charge is 0.494 e. The number of benzene rings is 1. The van der Waals surface area contributed by atoms with Gasteiger partial charge in [-0.25, -0.2) is 0 Å². The summed E-state index contributed by atoms with van der Waals surface area (Å²) in [6.07, 6.45) is 1.97. The first-order chi connectivity index (χ1) is 9.52. The van der Waals surface area contributed by atoms with Crippen molar-refractivity contribution in [3.8, 4) is 5.75 Å². The molecule has 1 aromatic rings. The Hall–Kier alpha value is -1.06. The van der Waals surface area contributed by atoms with Crippen molar-refractivity contribution in [1.29, 1.82) is 0 Å². The van der Waals surface area contributed by atoms with Crippen LogP contribution in [0.3, 0.4) is 0 Å². The Balaban J connectivity index is 2.76. The second-order valence-electron chi connectivity index (χ2n) is 5.70. The lowest BCUT2D eigenvalue weighted by Gasteiger charge is -2.29. The van der Waals surface area contributed by atoms with E-state index in [9.17, 15) is 0 Å². The minimum atomic E-state index is -0.135. The molecule has 0 saturated heterocycles. The van der Waals surface area contributed by atoms with Gasteiger partial charge >= 0.3 is 0 Å². The van der Waals surface area contributed by atoms with E-state index in [2.05, 4.69) is 57.3 Å². The molecular formula is C17H29NO2. The van der Waals surface area contributed by atoms with Gasteiger partial charge in [-0.3, -0.25) is 0 Å². The maximum absolute atomic E-state index is 5.63. The van der Waals surface area contributed by atoms with E-state index in [1.807, 2.05) is 0 Å². The fraction of sp³-hybridized carbons (Fsp3) is 0.647. The average Bonchev–Trinajstić information content (AvgIpc) is 2.45. The van der Waals surface area contributed by atoms with Crippen LogP contribution in [-0.2, 0) is 4.74 Å². The van der Waals surface area contributed by atoms with Crippen LogP contribution in [0, 0.1) is 0 Å². The van der Waals surface area contributed by atoms with Gasteiger partial charge in [-0.05, 0) is 50.9 Å². The molecule has 0 spiro atoms. The van der Waals surface area contributed by atoms with E-state index in [0.717, 1.165) is 31.7 Å². The lowest BCUT2D eigenvalue weighted by molar-refractivity contribution is 0.00697. The molecule has 0 radical (unpaired) electrons. The summed E-state index contributed by atoms with van der Waals surface area (Å²) in [6, 6.07) is 8.69. The summed E-state index contributed by atoms with van der Waals surface area (Å²) in [5, 5.41) is 3.53. The van der Waals surface area contributed by atoms with Crippen molar-refractivity contribution in [2.45, 2.75) is 52.2 Å². The summed E-state index contributed by atoms with van der Waals surface area (Å²) in [4.78, 5) is 0. The van der Waals surface area contributed by atoms with Gasteiger partial charge in [-0.1, -0.05) is 26.0 Å². The zero-order chi connectivity index (χ0) is 15.0. The molecule has 0 fully saturated rings. The Morgan fingerprint density at radius 2 is 1.80 bits per heavy atom. The van der Waals surface area contributed by atoms with Crippen LogP contribution in [0.5, 0.6) is 5.75 Å². The van der Waals surface area contributed by atoms with E-state index in [-0.39, 0.29) is 5.60 Å². The fourth-order valence-corrected chi connectivity index (χ4v) is 2.15. The van der Waals surface area contributed by atoms with Crippen molar-refractivity contribution in [2.75, 3.05) is 20.3 Å². The molecule has 0 aliphatic heterocycles. The average molecular weight is 279 g/mol. The molecule has 0 bridgehead atoms. The number of methoxy groups -OCH3 is 1. The van der Waals surface area contributed by atoms with Crippen LogP contribution in [0.15, 0.2) is 24.3 Å². The summed E-state index contributed by atoms with van der Waals surface area (Å²) in [5.41, 5.74) is 1.14. The molecule has 0 heterocycles. The molecule has 114 valence electrons. The Morgan fingerprint density at radius 3 is 2.30 bits per heavy atom. The van der Waals surface area contributed by atoms with Crippen molar-refractivity contribution in [3.63, 3.8) is 0 Å². The highest BCUT2D eigenvalue weighted by Crippen LogP contribution is 2.27. The van der Waals surface area contributed by atoms with Gasteiger partial charge in [-0.2, -0.15) is 0 Å². The standard InChI is InChI=1S/C17H29NO2/c1-6-12-20-15-10-8-14(9-11-15)16(18-7-2)13-17(3,4)19-5/h8-11,16,18H,6-7,12-13H2,1-5H3. The third kappa shape index (κ3) is 5.51. The van der Waals surface area contributed by atoms with E-state index >= 15 is 0 Å². The molecule has 1 N–H and O–H groups in total. The molecule has 1 unspecified atom stereocenters. The third-order valence-electron chi connectivity index (χ3n) is 3.45. The summed E-state index contributed by atoms with van der Waals surface area (Å²) in [7, 11) is 1.77. The van der Waals surface area contributed by atoms with Crippen molar-refractivity contribution >= 4 is 0 Å². The highest BCUT2D eigenvalue weighted by atomic mass is 16.5. The molecule has 0 amide bonds. The van der Waals surface area contributed by atoms with Gasteiger partial charge in [-0.15, -0.1) is 0 Å². The Labute approximate surface area is 123 Å². The zero-order valence-electron chi connectivity index (χ0n) is 13.5. The molecule has 0 aliphatic carbocycles. The number of hydrogen-bond acceptors (Lipinski definition) is 3. The maximum Gasteiger partial charge on any atom is 0.119 e. The van der Waals surface area contributed by atoms with E-state index in [0.29, 0.717) is 6.04 Å². The molecule has 0 saturated carbocycles. The van der Waals surface area contributed by atoms with E-state index < -0.39 is 0 Å². The van der Waals surface area contributed by atoms with Crippen molar-refractivity contribution in [3.05, 3.63) is 29.8 Å². The van der Waals surface area contributed by atoms with Crippen LogP contribution >= 0.6 is 0 Å². The van der Waals surface area contributed by atoms with Crippen LogP contribution in [0.2, 0.25) is 0 Å². The SMILES string of the molecule is CCCOc1ccc(C(CC(C)(C)OC)NCC)cc1. The molecule has 0 aromatic heterocycles. The second kappa shape index (κ2) is 8.28. The number of ether oxygens (including phenoxy) is 2. The minimum absolute atomic E-state index is 0.135. The van der Waals surface area contributed by atoms with E-state index in [4.69, 9.17) is 9.47 Å². The first-order valence-electron chi connectivity index (χ1n) is 7.53. The second-order valence-corrected chi connectivity index (χ2v) is 5.70. The summed E-state index contributed by atoms with van der Waals surface area (Å²) in [6.45, 7) is 10.2. The molecule has 1 aromatic carbocycles. The molecule has 20 heavy (non-hydrogen) atoms. The quantitative estimate of drug-likeness (QED) is 0.742.